The van der Waals surface area contributed by atoms with Gasteiger partial charge in [-0.3, -0.25) is 9.52 Å². The average molecular weight is 284 g/mol. The number of carbonyl (C=O) groups excluding carboxylic acids is 1. The minimum absolute atomic E-state index is 0.0406. The summed E-state index contributed by atoms with van der Waals surface area (Å²) in [6.07, 6.45) is 1.58. The molecule has 1 aromatic carbocycles. The number of anilines is 2. The predicted molar refractivity (Wildman–Crippen MR) is 77.8 cm³/mol. The van der Waals surface area contributed by atoms with Crippen LogP contribution < -0.4 is 9.62 Å². The number of sulfonamides is 1. The Morgan fingerprint density at radius 2 is 1.79 bits per heavy atom. The molecule has 106 valence electrons. The minimum Gasteiger partial charge on any atom is -0.315 e. The van der Waals surface area contributed by atoms with E-state index in [-0.39, 0.29) is 5.91 Å². The first-order valence-electron chi connectivity index (χ1n) is 6.03. The zero-order chi connectivity index (χ0) is 14.6. The Labute approximate surface area is 114 Å². The third-order valence-electron chi connectivity index (χ3n) is 2.51. The van der Waals surface area contributed by atoms with Crippen LogP contribution in [0.2, 0.25) is 0 Å². The van der Waals surface area contributed by atoms with Gasteiger partial charge in [0.15, 0.2) is 0 Å². The summed E-state index contributed by atoms with van der Waals surface area (Å²) in [6.45, 7) is 3.98. The van der Waals surface area contributed by atoms with Gasteiger partial charge in [0.1, 0.15) is 0 Å². The highest BCUT2D eigenvalue weighted by Crippen LogP contribution is 2.19. The van der Waals surface area contributed by atoms with Crippen molar-refractivity contribution in [2.75, 3.05) is 22.9 Å². The average Bonchev–Trinajstić information content (AvgIpc) is 2.26. The lowest BCUT2D eigenvalue weighted by molar-refractivity contribution is -0.119. The monoisotopic (exact) mass is 284 g/mol. The van der Waals surface area contributed by atoms with Crippen LogP contribution in [0.4, 0.5) is 11.4 Å². The SMILES string of the molecule is CC(C)CC(=O)N(C)c1ccc(NS(C)(=O)=O)cc1. The second kappa shape index (κ2) is 6.06. The highest BCUT2D eigenvalue weighted by atomic mass is 32.2. The third-order valence-corrected chi connectivity index (χ3v) is 3.12. The van der Waals surface area contributed by atoms with E-state index in [9.17, 15) is 13.2 Å². The summed E-state index contributed by atoms with van der Waals surface area (Å²) in [7, 11) is -1.56. The van der Waals surface area contributed by atoms with Crippen LogP contribution >= 0.6 is 0 Å². The highest BCUT2D eigenvalue weighted by Gasteiger charge is 2.12. The number of carbonyl (C=O) groups is 1. The van der Waals surface area contributed by atoms with Crippen molar-refractivity contribution >= 4 is 27.3 Å². The normalized spacial score (nSPS) is 11.4. The van der Waals surface area contributed by atoms with E-state index in [4.69, 9.17) is 0 Å². The van der Waals surface area contributed by atoms with Crippen LogP contribution in [0.15, 0.2) is 24.3 Å². The van der Waals surface area contributed by atoms with Gasteiger partial charge in [0.25, 0.3) is 0 Å². The maximum absolute atomic E-state index is 11.9. The molecule has 0 spiro atoms. The van der Waals surface area contributed by atoms with Crippen molar-refractivity contribution in [2.45, 2.75) is 20.3 Å². The van der Waals surface area contributed by atoms with Crippen LogP contribution in [0.1, 0.15) is 20.3 Å². The molecule has 0 aliphatic heterocycles. The molecule has 0 saturated carbocycles. The molecule has 0 bridgehead atoms. The Morgan fingerprint density at radius 1 is 1.26 bits per heavy atom. The quantitative estimate of drug-likeness (QED) is 0.900. The highest BCUT2D eigenvalue weighted by molar-refractivity contribution is 7.92. The Balaban J connectivity index is 2.78. The van der Waals surface area contributed by atoms with Gasteiger partial charge in [-0.15, -0.1) is 0 Å². The molecule has 0 heterocycles. The van der Waals surface area contributed by atoms with Crippen LogP contribution in [0, 0.1) is 5.92 Å². The van der Waals surface area contributed by atoms with E-state index < -0.39 is 10.0 Å². The Kier molecular flexibility index (Phi) is 4.94. The molecule has 0 fully saturated rings. The van der Waals surface area contributed by atoms with E-state index in [2.05, 4.69) is 4.72 Å². The molecule has 0 aliphatic rings. The van der Waals surface area contributed by atoms with E-state index in [0.717, 1.165) is 11.9 Å². The molecule has 6 heteroatoms. The molecule has 5 nitrogen and oxygen atoms in total. The number of benzene rings is 1. The Morgan fingerprint density at radius 3 is 2.21 bits per heavy atom. The first-order valence-corrected chi connectivity index (χ1v) is 7.92. The predicted octanol–water partition coefficient (Wildman–Crippen LogP) is 2.07. The topological polar surface area (TPSA) is 66.5 Å². The fourth-order valence-corrected chi connectivity index (χ4v) is 2.16. The molecule has 1 amide bonds. The molecule has 19 heavy (non-hydrogen) atoms. The number of nitrogens with zero attached hydrogens (tertiary/aromatic N) is 1. The maximum Gasteiger partial charge on any atom is 0.229 e. The fraction of sp³-hybridized carbons (Fsp3) is 0.462. The molecule has 0 atom stereocenters. The van der Waals surface area contributed by atoms with Gasteiger partial charge in [0, 0.05) is 24.8 Å². The first-order chi connectivity index (χ1) is 8.69. The molecule has 1 aromatic rings. The molecule has 0 aliphatic carbocycles. The summed E-state index contributed by atoms with van der Waals surface area (Å²) >= 11 is 0. The van der Waals surface area contributed by atoms with Crippen LogP contribution in [0.25, 0.3) is 0 Å². The Bertz CT molecular complexity index is 536. The van der Waals surface area contributed by atoms with E-state index in [1.807, 2.05) is 13.8 Å². The number of amides is 1. The summed E-state index contributed by atoms with van der Waals surface area (Å²) < 4.78 is 24.5. The second-order valence-corrected chi connectivity index (χ2v) is 6.72. The van der Waals surface area contributed by atoms with Gasteiger partial charge in [0.2, 0.25) is 15.9 Å². The molecule has 0 saturated heterocycles. The van der Waals surface area contributed by atoms with E-state index in [1.165, 1.54) is 0 Å². The summed E-state index contributed by atoms with van der Waals surface area (Å²) in [6, 6.07) is 6.70. The first kappa shape index (κ1) is 15.5. The molecule has 0 unspecified atom stereocenters. The van der Waals surface area contributed by atoms with E-state index >= 15 is 0 Å². The largest absolute Gasteiger partial charge is 0.315 e. The zero-order valence-electron chi connectivity index (χ0n) is 11.7. The van der Waals surface area contributed by atoms with Crippen molar-refractivity contribution in [1.82, 2.24) is 0 Å². The minimum atomic E-state index is -3.27. The van der Waals surface area contributed by atoms with Crippen LogP contribution in [-0.4, -0.2) is 27.6 Å². The number of nitrogens with one attached hydrogen (secondary N) is 1. The van der Waals surface area contributed by atoms with E-state index in [1.54, 1.807) is 36.2 Å². The summed E-state index contributed by atoms with van der Waals surface area (Å²) in [5.41, 5.74) is 1.22. The lowest BCUT2D eigenvalue weighted by Gasteiger charge is -2.18. The van der Waals surface area contributed by atoms with Crippen LogP contribution in [0.5, 0.6) is 0 Å². The molecule has 1 N–H and O–H groups in total. The summed E-state index contributed by atoms with van der Waals surface area (Å²) in [4.78, 5) is 13.5. The van der Waals surface area contributed by atoms with Gasteiger partial charge >= 0.3 is 0 Å². The molecule has 0 radical (unpaired) electrons. The molecule has 1 rings (SSSR count). The summed E-state index contributed by atoms with van der Waals surface area (Å²) in [5, 5.41) is 0. The van der Waals surface area contributed by atoms with Gasteiger partial charge < -0.3 is 4.90 Å². The van der Waals surface area contributed by atoms with Crippen molar-refractivity contribution in [3.05, 3.63) is 24.3 Å². The standard InChI is InChI=1S/C13H20N2O3S/c1-10(2)9-13(16)15(3)12-7-5-11(6-8-12)14-19(4,17)18/h5-8,10,14H,9H2,1-4H3. The number of hydrogen-bond donors (Lipinski definition) is 1. The van der Waals surface area contributed by atoms with Crippen molar-refractivity contribution in [1.29, 1.82) is 0 Å². The van der Waals surface area contributed by atoms with Crippen molar-refractivity contribution < 1.29 is 13.2 Å². The van der Waals surface area contributed by atoms with Crippen molar-refractivity contribution in [3.63, 3.8) is 0 Å². The molecular weight excluding hydrogens is 264 g/mol. The lowest BCUT2D eigenvalue weighted by Crippen LogP contribution is -2.27. The van der Waals surface area contributed by atoms with Gasteiger partial charge in [-0.05, 0) is 30.2 Å². The second-order valence-electron chi connectivity index (χ2n) is 4.97. The fourth-order valence-electron chi connectivity index (χ4n) is 1.60. The van der Waals surface area contributed by atoms with Crippen LogP contribution in [-0.2, 0) is 14.8 Å². The molecular formula is C13H20N2O3S. The number of hydrogen-bond acceptors (Lipinski definition) is 3. The Hall–Kier alpha value is -1.56. The third kappa shape index (κ3) is 5.30. The summed E-state index contributed by atoms with van der Waals surface area (Å²) in [5.74, 6) is 0.347. The number of rotatable bonds is 5. The zero-order valence-corrected chi connectivity index (χ0v) is 12.5. The van der Waals surface area contributed by atoms with Gasteiger partial charge in [-0.25, -0.2) is 8.42 Å². The smallest absolute Gasteiger partial charge is 0.229 e. The molecule has 0 aromatic heterocycles. The van der Waals surface area contributed by atoms with Gasteiger partial charge in [0.05, 0.1) is 6.26 Å². The van der Waals surface area contributed by atoms with Crippen LogP contribution in [0.3, 0.4) is 0 Å². The van der Waals surface area contributed by atoms with Crippen molar-refractivity contribution in [3.8, 4) is 0 Å². The van der Waals surface area contributed by atoms with Gasteiger partial charge in [-0.2, -0.15) is 0 Å². The van der Waals surface area contributed by atoms with Crippen molar-refractivity contribution in [2.24, 2.45) is 5.92 Å². The van der Waals surface area contributed by atoms with E-state index in [0.29, 0.717) is 18.0 Å². The lowest BCUT2D eigenvalue weighted by atomic mass is 10.1. The van der Waals surface area contributed by atoms with Gasteiger partial charge in [-0.1, -0.05) is 13.8 Å². The maximum atomic E-state index is 11.9.